The number of ketones is 1. The van der Waals surface area contributed by atoms with E-state index in [4.69, 9.17) is 4.74 Å². The van der Waals surface area contributed by atoms with Crippen LogP contribution in [0.1, 0.15) is 47.0 Å². The predicted octanol–water partition coefficient (Wildman–Crippen LogP) is 2.56. The van der Waals surface area contributed by atoms with Crippen molar-refractivity contribution in [3.63, 3.8) is 0 Å². The van der Waals surface area contributed by atoms with Crippen LogP contribution >= 0.6 is 0 Å². The zero-order valence-electron chi connectivity index (χ0n) is 13.2. The van der Waals surface area contributed by atoms with Crippen LogP contribution < -0.4 is 0 Å². The minimum Gasteiger partial charge on any atom is -0.463 e. The lowest BCUT2D eigenvalue weighted by Gasteiger charge is -2.40. The standard InChI is InChI=1S/C17H24O4/c1-5-7-12(9-15(19)21-6-2)17(20)11(3)8-14(18)13-10-16(13,17)4/h8-9,13,20H,5-7,10H2,1-4H3/b12-9-. The van der Waals surface area contributed by atoms with Gasteiger partial charge in [-0.15, -0.1) is 0 Å². The van der Waals surface area contributed by atoms with Gasteiger partial charge in [0.05, 0.1) is 6.61 Å². The Kier molecular flexibility index (Phi) is 4.11. The molecule has 4 heteroatoms. The summed E-state index contributed by atoms with van der Waals surface area (Å²) in [6, 6.07) is 0. The second kappa shape index (κ2) is 5.41. The number of esters is 1. The average molecular weight is 292 g/mol. The Morgan fingerprint density at radius 2 is 2.19 bits per heavy atom. The molecule has 0 spiro atoms. The van der Waals surface area contributed by atoms with Gasteiger partial charge in [-0.25, -0.2) is 4.79 Å². The first-order chi connectivity index (χ1) is 9.81. The number of hydrogen-bond acceptors (Lipinski definition) is 4. The number of fused-ring (bicyclic) bond motifs is 1. The molecule has 1 N–H and O–H groups in total. The van der Waals surface area contributed by atoms with Gasteiger partial charge in [0.15, 0.2) is 5.78 Å². The summed E-state index contributed by atoms with van der Waals surface area (Å²) in [6.07, 6.45) is 5.04. The average Bonchev–Trinajstić information content (AvgIpc) is 3.11. The molecule has 4 nitrogen and oxygen atoms in total. The topological polar surface area (TPSA) is 63.6 Å². The number of allylic oxidation sites excluding steroid dienone is 1. The second-order valence-corrected chi connectivity index (χ2v) is 6.29. The summed E-state index contributed by atoms with van der Waals surface area (Å²) in [6.45, 7) is 7.76. The van der Waals surface area contributed by atoms with Gasteiger partial charge in [0.1, 0.15) is 5.60 Å². The van der Waals surface area contributed by atoms with Gasteiger partial charge in [-0.1, -0.05) is 20.3 Å². The quantitative estimate of drug-likeness (QED) is 0.625. The van der Waals surface area contributed by atoms with Crippen LogP contribution in [0.3, 0.4) is 0 Å². The van der Waals surface area contributed by atoms with E-state index in [2.05, 4.69) is 0 Å². The second-order valence-electron chi connectivity index (χ2n) is 6.29. The Morgan fingerprint density at radius 1 is 1.52 bits per heavy atom. The van der Waals surface area contributed by atoms with Gasteiger partial charge in [0.25, 0.3) is 0 Å². The molecule has 1 fully saturated rings. The molecular weight excluding hydrogens is 268 g/mol. The molecule has 116 valence electrons. The lowest BCUT2D eigenvalue weighted by molar-refractivity contribution is -0.137. The van der Waals surface area contributed by atoms with E-state index in [-0.39, 0.29) is 11.7 Å². The van der Waals surface area contributed by atoms with Crippen LogP contribution in [0.4, 0.5) is 0 Å². The molecule has 0 aromatic carbocycles. The van der Waals surface area contributed by atoms with Crippen molar-refractivity contribution in [2.45, 2.75) is 52.6 Å². The van der Waals surface area contributed by atoms with Crippen LogP contribution in [0.2, 0.25) is 0 Å². The van der Waals surface area contributed by atoms with E-state index >= 15 is 0 Å². The highest BCUT2D eigenvalue weighted by Crippen LogP contribution is 2.66. The van der Waals surface area contributed by atoms with Gasteiger partial charge in [0, 0.05) is 17.4 Å². The smallest absolute Gasteiger partial charge is 0.330 e. The van der Waals surface area contributed by atoms with Gasteiger partial charge in [-0.2, -0.15) is 0 Å². The maximum absolute atomic E-state index is 11.9. The van der Waals surface area contributed by atoms with E-state index in [1.807, 2.05) is 13.8 Å². The van der Waals surface area contributed by atoms with E-state index in [1.54, 1.807) is 13.8 Å². The van der Waals surface area contributed by atoms with Crippen molar-refractivity contribution >= 4 is 11.8 Å². The van der Waals surface area contributed by atoms with Gasteiger partial charge in [-0.05, 0) is 43.9 Å². The molecule has 0 heterocycles. The minimum absolute atomic E-state index is 0.0895. The molecule has 0 aromatic heterocycles. The summed E-state index contributed by atoms with van der Waals surface area (Å²) in [4.78, 5) is 23.8. The molecule has 0 aromatic rings. The Bertz CT molecular complexity index is 531. The summed E-state index contributed by atoms with van der Waals surface area (Å²) < 4.78 is 4.98. The lowest BCUT2D eigenvalue weighted by Crippen LogP contribution is -2.46. The monoisotopic (exact) mass is 292 g/mol. The van der Waals surface area contributed by atoms with Crippen molar-refractivity contribution in [2.24, 2.45) is 11.3 Å². The molecule has 3 unspecified atom stereocenters. The van der Waals surface area contributed by atoms with Gasteiger partial charge < -0.3 is 9.84 Å². The van der Waals surface area contributed by atoms with Gasteiger partial charge in [-0.3, -0.25) is 4.79 Å². The third kappa shape index (κ3) is 2.35. The Hall–Kier alpha value is -1.42. The van der Waals surface area contributed by atoms with E-state index in [1.165, 1.54) is 12.2 Å². The number of aliphatic hydroxyl groups is 1. The highest BCUT2D eigenvalue weighted by Gasteiger charge is 2.68. The Morgan fingerprint density at radius 3 is 2.76 bits per heavy atom. The molecule has 1 saturated carbocycles. The third-order valence-corrected chi connectivity index (χ3v) is 4.90. The fraction of sp³-hybridized carbons (Fsp3) is 0.647. The van der Waals surface area contributed by atoms with Gasteiger partial charge in [0.2, 0.25) is 0 Å². The highest BCUT2D eigenvalue weighted by atomic mass is 16.5. The van der Waals surface area contributed by atoms with Crippen molar-refractivity contribution in [3.05, 3.63) is 23.3 Å². The van der Waals surface area contributed by atoms with Crippen LogP contribution in [0.5, 0.6) is 0 Å². The molecule has 3 atom stereocenters. The first-order valence-corrected chi connectivity index (χ1v) is 7.64. The first kappa shape index (κ1) is 16.0. The van der Waals surface area contributed by atoms with Crippen LogP contribution in [-0.2, 0) is 14.3 Å². The minimum atomic E-state index is -1.21. The fourth-order valence-corrected chi connectivity index (χ4v) is 3.62. The van der Waals surface area contributed by atoms with Crippen molar-refractivity contribution in [3.8, 4) is 0 Å². The first-order valence-electron chi connectivity index (χ1n) is 7.64. The highest BCUT2D eigenvalue weighted by molar-refractivity contribution is 5.98. The number of ether oxygens (including phenoxy) is 1. The van der Waals surface area contributed by atoms with E-state index in [0.29, 0.717) is 30.6 Å². The Balaban J connectivity index is 2.45. The number of carbonyl (C=O) groups excluding carboxylic acids is 2. The van der Waals surface area contributed by atoms with Crippen molar-refractivity contribution in [1.82, 2.24) is 0 Å². The maximum Gasteiger partial charge on any atom is 0.330 e. The summed E-state index contributed by atoms with van der Waals surface area (Å²) in [5.41, 5.74) is -0.410. The summed E-state index contributed by atoms with van der Waals surface area (Å²) in [7, 11) is 0. The lowest BCUT2D eigenvalue weighted by atomic mass is 9.68. The molecule has 0 bridgehead atoms. The molecular formula is C17H24O4. The molecule has 21 heavy (non-hydrogen) atoms. The third-order valence-electron chi connectivity index (χ3n) is 4.90. The molecule has 2 aliphatic carbocycles. The zero-order valence-corrected chi connectivity index (χ0v) is 13.2. The molecule has 0 aliphatic heterocycles. The van der Waals surface area contributed by atoms with Crippen LogP contribution in [-0.4, -0.2) is 29.1 Å². The zero-order chi connectivity index (χ0) is 15.8. The van der Waals surface area contributed by atoms with Gasteiger partial charge >= 0.3 is 5.97 Å². The van der Waals surface area contributed by atoms with Crippen LogP contribution in [0, 0.1) is 11.3 Å². The van der Waals surface area contributed by atoms with E-state index in [9.17, 15) is 14.7 Å². The van der Waals surface area contributed by atoms with Crippen LogP contribution in [0.15, 0.2) is 23.3 Å². The summed E-state index contributed by atoms with van der Waals surface area (Å²) in [5.74, 6) is -0.472. The fourth-order valence-electron chi connectivity index (χ4n) is 3.62. The number of carbonyl (C=O) groups is 2. The summed E-state index contributed by atoms with van der Waals surface area (Å²) in [5, 5.41) is 11.3. The van der Waals surface area contributed by atoms with Crippen molar-refractivity contribution < 1.29 is 19.4 Å². The van der Waals surface area contributed by atoms with Crippen molar-refractivity contribution in [2.75, 3.05) is 6.61 Å². The number of rotatable bonds is 5. The number of hydrogen-bond donors (Lipinski definition) is 1. The molecule has 2 aliphatic rings. The predicted molar refractivity (Wildman–Crippen MR) is 79.6 cm³/mol. The maximum atomic E-state index is 11.9. The largest absolute Gasteiger partial charge is 0.463 e. The molecule has 0 radical (unpaired) electrons. The van der Waals surface area contributed by atoms with Crippen molar-refractivity contribution in [1.29, 1.82) is 0 Å². The molecule has 0 saturated heterocycles. The van der Waals surface area contributed by atoms with E-state index < -0.39 is 17.0 Å². The normalized spacial score (nSPS) is 35.1. The SMILES string of the molecule is CCC/C(=C/C(=O)OCC)C1(O)C(C)=CC(=O)C2CC21C. The Labute approximate surface area is 125 Å². The molecule has 2 rings (SSSR count). The van der Waals surface area contributed by atoms with E-state index in [0.717, 1.165) is 6.42 Å². The summed E-state index contributed by atoms with van der Waals surface area (Å²) >= 11 is 0. The van der Waals surface area contributed by atoms with Crippen LogP contribution in [0.25, 0.3) is 0 Å². The molecule has 0 amide bonds.